The maximum atomic E-state index is 6.11. The van der Waals surface area contributed by atoms with Crippen LogP contribution in [0.25, 0.3) is 0 Å². The number of nitrogens with one attached hydrogen (secondary N) is 1. The molecule has 2 atom stereocenters. The van der Waals surface area contributed by atoms with E-state index < -0.39 is 0 Å². The van der Waals surface area contributed by atoms with Gasteiger partial charge in [-0.05, 0) is 38.9 Å². The van der Waals surface area contributed by atoms with E-state index in [9.17, 15) is 0 Å². The van der Waals surface area contributed by atoms with E-state index in [1.165, 1.54) is 18.4 Å². The van der Waals surface area contributed by atoms with Crippen LogP contribution in [0.1, 0.15) is 30.9 Å². The van der Waals surface area contributed by atoms with Gasteiger partial charge in [0.2, 0.25) is 0 Å². The minimum Gasteiger partial charge on any atom is -0.493 e. The molecule has 3 N–H and O–H groups in total. The first-order valence-electron chi connectivity index (χ1n) is 8.09. The summed E-state index contributed by atoms with van der Waals surface area (Å²) in [4.78, 5) is 6.84. The Morgan fingerprint density at radius 2 is 2.14 bits per heavy atom. The van der Waals surface area contributed by atoms with Crippen molar-refractivity contribution in [1.82, 2.24) is 10.2 Å². The lowest BCUT2D eigenvalue weighted by Gasteiger charge is -2.27. The molecule has 5 nitrogen and oxygen atoms in total. The van der Waals surface area contributed by atoms with Crippen molar-refractivity contribution in [3.05, 3.63) is 29.8 Å². The van der Waals surface area contributed by atoms with Gasteiger partial charge in [0, 0.05) is 18.0 Å². The number of para-hydroxylation sites is 1. The molecule has 0 aromatic heterocycles. The summed E-state index contributed by atoms with van der Waals surface area (Å²) < 4.78 is 5.68. The molecule has 1 aliphatic carbocycles. The summed E-state index contributed by atoms with van der Waals surface area (Å²) >= 11 is 0. The zero-order valence-corrected chi connectivity index (χ0v) is 13.5. The average Bonchev–Trinajstić information content (AvgIpc) is 3.32. The van der Waals surface area contributed by atoms with Crippen LogP contribution in [-0.2, 0) is 0 Å². The summed E-state index contributed by atoms with van der Waals surface area (Å²) in [5, 5.41) is 3.36. The predicted molar refractivity (Wildman–Crippen MR) is 89.1 cm³/mol. The number of aliphatic imine (C=N–C) groups is 1. The molecule has 3 rings (SSSR count). The van der Waals surface area contributed by atoms with E-state index in [1.54, 1.807) is 0 Å². The second-order valence-electron chi connectivity index (χ2n) is 6.47. The number of rotatable bonds is 5. The van der Waals surface area contributed by atoms with Crippen molar-refractivity contribution in [2.45, 2.75) is 31.3 Å². The van der Waals surface area contributed by atoms with E-state index >= 15 is 0 Å². The minimum absolute atomic E-state index is 0.187. The minimum atomic E-state index is 0.187. The van der Waals surface area contributed by atoms with Gasteiger partial charge in [0.25, 0.3) is 0 Å². The van der Waals surface area contributed by atoms with Gasteiger partial charge in [-0.1, -0.05) is 18.2 Å². The number of hydrogen-bond acceptors (Lipinski definition) is 3. The Hall–Kier alpha value is -1.75. The van der Waals surface area contributed by atoms with Crippen molar-refractivity contribution in [2.75, 3.05) is 27.2 Å². The molecule has 0 bridgehead atoms. The number of guanidine groups is 1. The Kier molecular flexibility index (Phi) is 4.52. The van der Waals surface area contributed by atoms with Gasteiger partial charge in [-0.2, -0.15) is 0 Å². The molecule has 1 heterocycles. The quantitative estimate of drug-likeness (QED) is 0.642. The number of nitrogens with two attached hydrogens (primary N) is 1. The zero-order chi connectivity index (χ0) is 15.5. The van der Waals surface area contributed by atoms with E-state index in [0.717, 1.165) is 24.6 Å². The molecule has 1 aromatic carbocycles. The Morgan fingerprint density at radius 3 is 2.86 bits per heavy atom. The van der Waals surface area contributed by atoms with Gasteiger partial charge in [-0.15, -0.1) is 0 Å². The molecule has 2 unspecified atom stereocenters. The van der Waals surface area contributed by atoms with Gasteiger partial charge in [0.05, 0.1) is 19.2 Å². The molecule has 0 amide bonds. The first-order chi connectivity index (χ1) is 10.6. The second kappa shape index (κ2) is 6.57. The first-order valence-corrected chi connectivity index (χ1v) is 8.09. The van der Waals surface area contributed by atoms with E-state index in [0.29, 0.717) is 18.6 Å². The summed E-state index contributed by atoms with van der Waals surface area (Å²) in [6.45, 7) is 1.48. The van der Waals surface area contributed by atoms with Crippen LogP contribution in [0.5, 0.6) is 5.75 Å². The van der Waals surface area contributed by atoms with Crippen LogP contribution >= 0.6 is 0 Å². The highest BCUT2D eigenvalue weighted by Gasteiger charge is 2.32. The van der Waals surface area contributed by atoms with E-state index in [2.05, 4.69) is 35.4 Å². The van der Waals surface area contributed by atoms with Crippen LogP contribution in [0, 0.1) is 5.92 Å². The third kappa shape index (κ3) is 3.53. The fourth-order valence-electron chi connectivity index (χ4n) is 3.12. The third-order valence-corrected chi connectivity index (χ3v) is 4.56. The highest BCUT2D eigenvalue weighted by atomic mass is 16.5. The van der Waals surface area contributed by atoms with Gasteiger partial charge in [-0.3, -0.25) is 4.99 Å². The Balaban J connectivity index is 1.62. The molecule has 0 spiro atoms. The van der Waals surface area contributed by atoms with Crippen molar-refractivity contribution in [2.24, 2.45) is 16.6 Å². The van der Waals surface area contributed by atoms with Crippen LogP contribution in [0.3, 0.4) is 0 Å². The molecule has 1 aromatic rings. The molecule has 5 heteroatoms. The summed E-state index contributed by atoms with van der Waals surface area (Å²) in [5.74, 6) is 2.27. The van der Waals surface area contributed by atoms with Gasteiger partial charge in [0.1, 0.15) is 5.75 Å². The van der Waals surface area contributed by atoms with Crippen LogP contribution in [0.4, 0.5) is 0 Å². The summed E-state index contributed by atoms with van der Waals surface area (Å²) in [5.41, 5.74) is 7.28. The normalized spacial score (nSPS) is 22.9. The predicted octanol–water partition coefficient (Wildman–Crippen LogP) is 1.75. The van der Waals surface area contributed by atoms with Crippen LogP contribution in [0.15, 0.2) is 29.3 Å². The fraction of sp³-hybridized carbons (Fsp3) is 0.588. The molecule has 2 aliphatic rings. The van der Waals surface area contributed by atoms with Crippen molar-refractivity contribution in [1.29, 1.82) is 0 Å². The Bertz CT molecular complexity index is 537. The van der Waals surface area contributed by atoms with Gasteiger partial charge >= 0.3 is 0 Å². The maximum absolute atomic E-state index is 6.11. The SMILES string of the molecule is CN(C)C(CN=C(N)NC1CCOc2ccccc21)C1CC1. The maximum Gasteiger partial charge on any atom is 0.189 e. The second-order valence-corrected chi connectivity index (χ2v) is 6.47. The monoisotopic (exact) mass is 302 g/mol. The fourth-order valence-corrected chi connectivity index (χ4v) is 3.12. The number of nitrogens with zero attached hydrogens (tertiary/aromatic N) is 2. The van der Waals surface area contributed by atoms with Gasteiger partial charge < -0.3 is 20.7 Å². The highest BCUT2D eigenvalue weighted by molar-refractivity contribution is 5.78. The molecule has 22 heavy (non-hydrogen) atoms. The van der Waals surface area contributed by atoms with E-state index in [1.807, 2.05) is 18.2 Å². The summed E-state index contributed by atoms with van der Waals surface area (Å²) in [6, 6.07) is 8.81. The van der Waals surface area contributed by atoms with Crippen molar-refractivity contribution < 1.29 is 4.74 Å². The van der Waals surface area contributed by atoms with Crippen LogP contribution in [0.2, 0.25) is 0 Å². The lowest BCUT2D eigenvalue weighted by atomic mass is 10.0. The van der Waals surface area contributed by atoms with Crippen molar-refractivity contribution >= 4 is 5.96 Å². The first kappa shape index (κ1) is 15.2. The molecule has 1 aliphatic heterocycles. The van der Waals surface area contributed by atoms with Gasteiger partial charge in [0.15, 0.2) is 5.96 Å². The van der Waals surface area contributed by atoms with Crippen molar-refractivity contribution in [3.63, 3.8) is 0 Å². The standard InChI is InChI=1S/C17H26N4O/c1-21(2)15(12-7-8-12)11-19-17(18)20-14-9-10-22-16-6-4-3-5-13(14)16/h3-6,12,14-15H,7-11H2,1-2H3,(H3,18,19,20). The molecule has 120 valence electrons. The smallest absolute Gasteiger partial charge is 0.189 e. The largest absolute Gasteiger partial charge is 0.493 e. The molecular weight excluding hydrogens is 276 g/mol. The Labute approximate surface area is 132 Å². The lowest BCUT2D eigenvalue weighted by molar-refractivity contribution is 0.261. The molecular formula is C17H26N4O. The molecule has 1 saturated carbocycles. The third-order valence-electron chi connectivity index (χ3n) is 4.56. The number of likely N-dealkylation sites (N-methyl/N-ethyl adjacent to an activating group) is 1. The van der Waals surface area contributed by atoms with E-state index in [4.69, 9.17) is 10.5 Å². The van der Waals surface area contributed by atoms with Crippen molar-refractivity contribution in [3.8, 4) is 5.75 Å². The molecule has 1 fully saturated rings. The average molecular weight is 302 g/mol. The summed E-state index contributed by atoms with van der Waals surface area (Å²) in [7, 11) is 4.24. The van der Waals surface area contributed by atoms with Gasteiger partial charge in [-0.25, -0.2) is 0 Å². The van der Waals surface area contributed by atoms with Crippen LogP contribution < -0.4 is 15.8 Å². The van der Waals surface area contributed by atoms with Crippen LogP contribution in [-0.4, -0.2) is 44.1 Å². The number of hydrogen-bond donors (Lipinski definition) is 2. The molecule has 0 radical (unpaired) electrons. The number of fused-ring (bicyclic) bond motifs is 1. The number of ether oxygens (including phenoxy) is 1. The summed E-state index contributed by atoms with van der Waals surface area (Å²) in [6.07, 6.45) is 3.55. The Morgan fingerprint density at radius 1 is 1.36 bits per heavy atom. The highest BCUT2D eigenvalue weighted by Crippen LogP contribution is 2.35. The van der Waals surface area contributed by atoms with E-state index in [-0.39, 0.29) is 6.04 Å². The zero-order valence-electron chi connectivity index (χ0n) is 13.5. The topological polar surface area (TPSA) is 62.9 Å². The molecule has 0 saturated heterocycles. The number of benzene rings is 1. The lowest BCUT2D eigenvalue weighted by Crippen LogP contribution is -2.39.